The van der Waals surface area contributed by atoms with E-state index in [2.05, 4.69) is 36.4 Å². The lowest BCUT2D eigenvalue weighted by Gasteiger charge is -2.32. The Bertz CT molecular complexity index is 515. The van der Waals surface area contributed by atoms with E-state index in [0.717, 1.165) is 23.7 Å². The highest BCUT2D eigenvalue weighted by molar-refractivity contribution is 8.00. The number of aliphatic hydroxyl groups excluding tert-OH is 1. The Morgan fingerprint density at radius 3 is 2.53 bits per heavy atom. The molecule has 4 saturated carbocycles. The standard InChI is InChI=1S/C15H14OS/c16-10-7-6-9-11-12-13(11)14(12)15(9,10)17-8-4-2-1-3-5-8/h1-7,9-14,16H/t9-,10+,11?,12+,13+,14?,15-/m1/s1. The third-order valence-electron chi connectivity index (χ3n) is 5.34. The van der Waals surface area contributed by atoms with Crippen LogP contribution >= 0.6 is 11.8 Å². The van der Waals surface area contributed by atoms with E-state index in [1.165, 1.54) is 4.90 Å². The van der Waals surface area contributed by atoms with Gasteiger partial charge in [-0.2, -0.15) is 0 Å². The summed E-state index contributed by atoms with van der Waals surface area (Å²) in [6, 6.07) is 10.6. The highest BCUT2D eigenvalue weighted by atomic mass is 32.2. The monoisotopic (exact) mass is 242 g/mol. The van der Waals surface area contributed by atoms with Crippen LogP contribution in [0, 0.1) is 29.6 Å². The molecule has 17 heavy (non-hydrogen) atoms. The maximum absolute atomic E-state index is 10.4. The van der Waals surface area contributed by atoms with Gasteiger partial charge in [0, 0.05) is 4.90 Å². The first-order valence-corrected chi connectivity index (χ1v) is 7.26. The van der Waals surface area contributed by atoms with Crippen LogP contribution in [0.1, 0.15) is 0 Å². The minimum Gasteiger partial charge on any atom is -0.388 e. The van der Waals surface area contributed by atoms with E-state index in [0.29, 0.717) is 5.92 Å². The molecular weight excluding hydrogens is 228 g/mol. The molecule has 1 aromatic carbocycles. The van der Waals surface area contributed by atoms with Crippen molar-refractivity contribution in [2.75, 3.05) is 0 Å². The first kappa shape index (κ1) is 9.23. The van der Waals surface area contributed by atoms with Gasteiger partial charge in [0.2, 0.25) is 0 Å². The molecule has 0 saturated heterocycles. The fourth-order valence-corrected chi connectivity index (χ4v) is 6.34. The number of thioether (sulfide) groups is 1. The molecule has 2 bridgehead atoms. The molecule has 5 atom stereocenters. The highest BCUT2D eigenvalue weighted by Crippen LogP contribution is 2.90. The number of benzene rings is 1. The molecule has 0 heterocycles. The fraction of sp³-hybridized carbons (Fsp3) is 0.467. The smallest absolute Gasteiger partial charge is 0.0879 e. The summed E-state index contributed by atoms with van der Waals surface area (Å²) in [6.45, 7) is 0. The van der Waals surface area contributed by atoms with Gasteiger partial charge in [-0.3, -0.25) is 0 Å². The van der Waals surface area contributed by atoms with Gasteiger partial charge in [0.05, 0.1) is 10.9 Å². The Balaban J connectivity index is 1.57. The van der Waals surface area contributed by atoms with Gasteiger partial charge in [-0.15, -0.1) is 11.8 Å². The first-order valence-electron chi connectivity index (χ1n) is 6.44. The summed E-state index contributed by atoms with van der Waals surface area (Å²) in [6.07, 6.45) is 4.10. The molecule has 86 valence electrons. The van der Waals surface area contributed by atoms with Crippen molar-refractivity contribution in [2.24, 2.45) is 29.6 Å². The molecular formula is C15H14OS. The topological polar surface area (TPSA) is 20.2 Å². The van der Waals surface area contributed by atoms with Crippen molar-refractivity contribution in [1.82, 2.24) is 0 Å². The Morgan fingerprint density at radius 1 is 1.00 bits per heavy atom. The zero-order chi connectivity index (χ0) is 11.2. The molecule has 0 aromatic heterocycles. The number of hydrogen-bond acceptors (Lipinski definition) is 2. The minimum atomic E-state index is -0.234. The molecule has 0 aliphatic heterocycles. The predicted molar refractivity (Wildman–Crippen MR) is 67.6 cm³/mol. The van der Waals surface area contributed by atoms with Crippen LogP contribution in [0.25, 0.3) is 0 Å². The van der Waals surface area contributed by atoms with Gasteiger partial charge < -0.3 is 5.11 Å². The number of hydrogen-bond donors (Lipinski definition) is 1. The van der Waals surface area contributed by atoms with E-state index in [4.69, 9.17) is 0 Å². The van der Waals surface area contributed by atoms with Crippen molar-refractivity contribution in [2.45, 2.75) is 15.7 Å². The van der Waals surface area contributed by atoms with E-state index >= 15 is 0 Å². The molecule has 5 aliphatic carbocycles. The summed E-state index contributed by atoms with van der Waals surface area (Å²) in [5, 5.41) is 10.4. The van der Waals surface area contributed by atoms with Crippen molar-refractivity contribution in [3.05, 3.63) is 42.5 Å². The third-order valence-corrected chi connectivity index (χ3v) is 6.99. The predicted octanol–water partition coefficient (Wildman–Crippen LogP) is 2.57. The van der Waals surface area contributed by atoms with Crippen LogP contribution in [-0.2, 0) is 0 Å². The summed E-state index contributed by atoms with van der Waals surface area (Å²) in [5.41, 5.74) is 0. The van der Waals surface area contributed by atoms with Crippen molar-refractivity contribution >= 4 is 11.8 Å². The molecule has 0 amide bonds. The normalized spacial score (nSPS) is 55.6. The lowest BCUT2D eigenvalue weighted by atomic mass is 9.96. The molecule has 1 nitrogen and oxygen atoms in total. The second kappa shape index (κ2) is 2.65. The molecule has 0 radical (unpaired) electrons. The fourth-order valence-electron chi connectivity index (χ4n) is 4.62. The van der Waals surface area contributed by atoms with Crippen LogP contribution in [0.15, 0.2) is 47.4 Å². The summed E-state index contributed by atoms with van der Waals surface area (Å²) in [4.78, 5) is 1.31. The lowest BCUT2D eigenvalue weighted by molar-refractivity contribution is 0.169. The molecule has 0 spiro atoms. The summed E-state index contributed by atoms with van der Waals surface area (Å²) in [5.74, 6) is 4.30. The summed E-state index contributed by atoms with van der Waals surface area (Å²) < 4.78 is 0.0986. The van der Waals surface area contributed by atoms with E-state index in [9.17, 15) is 5.11 Å². The number of allylic oxidation sites excluding steroid dienone is 1. The van der Waals surface area contributed by atoms with Crippen LogP contribution in [0.5, 0.6) is 0 Å². The van der Waals surface area contributed by atoms with Gasteiger partial charge >= 0.3 is 0 Å². The second-order valence-corrected chi connectivity index (χ2v) is 7.26. The van der Waals surface area contributed by atoms with Crippen LogP contribution < -0.4 is 0 Å². The molecule has 2 heteroatoms. The van der Waals surface area contributed by atoms with Crippen LogP contribution in [0.4, 0.5) is 0 Å². The van der Waals surface area contributed by atoms with E-state index in [-0.39, 0.29) is 10.9 Å². The summed E-state index contributed by atoms with van der Waals surface area (Å²) in [7, 11) is 0. The van der Waals surface area contributed by atoms with Crippen LogP contribution in [0.3, 0.4) is 0 Å². The number of aliphatic hydroxyl groups is 1. The minimum absolute atomic E-state index is 0.0986. The molecule has 6 rings (SSSR count). The second-order valence-electron chi connectivity index (χ2n) is 5.88. The molecule has 1 N–H and O–H groups in total. The highest BCUT2D eigenvalue weighted by Gasteiger charge is 2.90. The van der Waals surface area contributed by atoms with E-state index in [1.54, 1.807) is 0 Å². The molecule has 0 unspecified atom stereocenters. The van der Waals surface area contributed by atoms with Gasteiger partial charge in [-0.05, 0) is 41.7 Å². The molecule has 1 aromatic rings. The Labute approximate surface area is 105 Å². The average molecular weight is 242 g/mol. The van der Waals surface area contributed by atoms with Gasteiger partial charge in [-0.25, -0.2) is 0 Å². The van der Waals surface area contributed by atoms with Crippen molar-refractivity contribution in [3.63, 3.8) is 0 Å². The van der Waals surface area contributed by atoms with E-state index in [1.807, 2.05) is 17.8 Å². The van der Waals surface area contributed by atoms with Crippen molar-refractivity contribution in [1.29, 1.82) is 0 Å². The first-order chi connectivity index (χ1) is 8.34. The Kier molecular flexibility index (Phi) is 1.44. The quantitative estimate of drug-likeness (QED) is 0.804. The van der Waals surface area contributed by atoms with Crippen LogP contribution in [-0.4, -0.2) is 16.0 Å². The SMILES string of the molecule is O[C@H]1C=C[C@@H]2C3[C@@H]4C([C@@H]34)[C@@]21Sc1ccccc1. The zero-order valence-electron chi connectivity index (χ0n) is 9.36. The molecule has 5 aliphatic rings. The summed E-state index contributed by atoms with van der Waals surface area (Å²) >= 11 is 1.94. The lowest BCUT2D eigenvalue weighted by Crippen LogP contribution is -2.38. The maximum Gasteiger partial charge on any atom is 0.0879 e. The van der Waals surface area contributed by atoms with E-state index < -0.39 is 0 Å². The van der Waals surface area contributed by atoms with Crippen LogP contribution in [0.2, 0.25) is 0 Å². The van der Waals surface area contributed by atoms with Crippen molar-refractivity contribution in [3.8, 4) is 0 Å². The zero-order valence-corrected chi connectivity index (χ0v) is 10.2. The number of rotatable bonds is 2. The Morgan fingerprint density at radius 2 is 1.76 bits per heavy atom. The van der Waals surface area contributed by atoms with Crippen molar-refractivity contribution < 1.29 is 5.11 Å². The maximum atomic E-state index is 10.4. The van der Waals surface area contributed by atoms with Gasteiger partial charge in [0.15, 0.2) is 0 Å². The van der Waals surface area contributed by atoms with Gasteiger partial charge in [0.1, 0.15) is 0 Å². The largest absolute Gasteiger partial charge is 0.388 e. The third kappa shape index (κ3) is 0.880. The Hall–Kier alpha value is -0.730. The van der Waals surface area contributed by atoms with Gasteiger partial charge in [-0.1, -0.05) is 30.4 Å². The van der Waals surface area contributed by atoms with Gasteiger partial charge in [0.25, 0.3) is 0 Å². The molecule has 4 fully saturated rings. The average Bonchev–Trinajstić information content (AvgIpc) is 3.15.